The maximum atomic E-state index is 13.3. The van der Waals surface area contributed by atoms with E-state index in [9.17, 15) is 4.79 Å². The van der Waals surface area contributed by atoms with Crippen LogP contribution in [0.2, 0.25) is 0 Å². The Morgan fingerprint density at radius 1 is 1.15 bits per heavy atom. The first kappa shape index (κ1) is 21.8. The third-order valence-electron chi connectivity index (χ3n) is 6.52. The molecule has 0 amide bonds. The molecule has 1 spiro atoms. The molecule has 2 aromatic heterocycles. The second-order valence-corrected chi connectivity index (χ2v) is 9.59. The number of ether oxygens (including phenoxy) is 1. The number of nitrogens with two attached hydrogens (primary N) is 1. The number of nitrogens with one attached hydrogen (secondary N) is 1. The van der Waals surface area contributed by atoms with Crippen LogP contribution < -0.4 is 16.6 Å². The van der Waals surface area contributed by atoms with Crippen molar-refractivity contribution >= 4 is 22.7 Å². The monoisotopic (exact) mass is 449 g/mol. The first-order valence-corrected chi connectivity index (χ1v) is 11.6. The van der Waals surface area contributed by atoms with E-state index in [-0.39, 0.29) is 17.5 Å². The zero-order chi connectivity index (χ0) is 23.0. The molecule has 3 N–H and O–H groups in total. The van der Waals surface area contributed by atoms with Gasteiger partial charge in [-0.05, 0) is 24.5 Å². The van der Waals surface area contributed by atoms with E-state index < -0.39 is 0 Å². The van der Waals surface area contributed by atoms with Crippen LogP contribution in [0, 0.1) is 5.41 Å². The van der Waals surface area contributed by atoms with Crippen molar-refractivity contribution in [3.8, 4) is 0 Å². The third kappa shape index (κ3) is 4.43. The fraction of sp³-hybridized carbons (Fsp3) is 0.500. The van der Waals surface area contributed by atoms with Crippen molar-refractivity contribution in [1.29, 1.82) is 0 Å². The fourth-order valence-corrected chi connectivity index (χ4v) is 4.83. The molecule has 0 unspecified atom stereocenters. The van der Waals surface area contributed by atoms with Gasteiger partial charge in [0.15, 0.2) is 0 Å². The molecule has 2 saturated heterocycles. The van der Waals surface area contributed by atoms with Crippen LogP contribution in [0.5, 0.6) is 0 Å². The fourth-order valence-electron chi connectivity index (χ4n) is 4.83. The van der Waals surface area contributed by atoms with Gasteiger partial charge in [-0.2, -0.15) is 10.1 Å². The van der Waals surface area contributed by atoms with Crippen LogP contribution in [0.15, 0.2) is 35.3 Å². The number of hydrogen-bond donors (Lipinski definition) is 2. The van der Waals surface area contributed by atoms with Gasteiger partial charge >= 0.3 is 0 Å². The number of anilines is 2. The first-order chi connectivity index (χ1) is 15.9. The lowest BCUT2D eigenvalue weighted by Crippen LogP contribution is -2.65. The lowest BCUT2D eigenvalue weighted by Gasteiger charge is -2.55. The Kier molecular flexibility index (Phi) is 5.76. The molecular weight excluding hydrogens is 418 g/mol. The molecular formula is C24H31N7O2. The molecule has 0 bridgehead atoms. The summed E-state index contributed by atoms with van der Waals surface area (Å²) in [6.45, 7) is 9.55. The predicted molar refractivity (Wildman–Crippen MR) is 128 cm³/mol. The highest BCUT2D eigenvalue weighted by Gasteiger charge is 2.48. The minimum Gasteiger partial charge on any atom is -0.380 e. The summed E-state index contributed by atoms with van der Waals surface area (Å²) in [6, 6.07) is 8.56. The second kappa shape index (κ2) is 8.72. The summed E-state index contributed by atoms with van der Waals surface area (Å²) < 4.78 is 6.81. The summed E-state index contributed by atoms with van der Waals surface area (Å²) in [6.07, 6.45) is 3.58. The highest BCUT2D eigenvalue weighted by Crippen LogP contribution is 2.38. The first-order valence-electron chi connectivity index (χ1n) is 11.6. The number of rotatable bonds is 8. The summed E-state index contributed by atoms with van der Waals surface area (Å²) in [5.74, 6) is 0.598. The molecule has 1 aromatic carbocycles. The number of hydrogen-bond acceptors (Lipinski definition) is 8. The van der Waals surface area contributed by atoms with E-state index in [4.69, 9.17) is 10.5 Å². The lowest BCUT2D eigenvalue weighted by molar-refractivity contribution is -0.191. The maximum absolute atomic E-state index is 13.3. The predicted octanol–water partition coefficient (Wildman–Crippen LogP) is 2.25. The van der Waals surface area contributed by atoms with Crippen molar-refractivity contribution in [3.63, 3.8) is 0 Å². The summed E-state index contributed by atoms with van der Waals surface area (Å²) in [7, 11) is 0. The topological polar surface area (TPSA) is 111 Å². The van der Waals surface area contributed by atoms with Gasteiger partial charge in [-0.1, -0.05) is 37.6 Å². The molecule has 5 rings (SSSR count). The maximum Gasteiger partial charge on any atom is 0.280 e. The van der Waals surface area contributed by atoms with Gasteiger partial charge in [-0.3, -0.25) is 9.69 Å². The van der Waals surface area contributed by atoms with E-state index in [1.54, 1.807) is 6.20 Å². The molecule has 2 fully saturated rings. The summed E-state index contributed by atoms with van der Waals surface area (Å²) in [4.78, 5) is 24.2. The Hall–Kier alpha value is -3.04. The summed E-state index contributed by atoms with van der Waals surface area (Å²) in [5, 5.41) is 8.08. The Bertz CT molecular complexity index is 1200. The van der Waals surface area contributed by atoms with E-state index in [2.05, 4.69) is 63.4 Å². The van der Waals surface area contributed by atoms with Crippen molar-refractivity contribution in [1.82, 2.24) is 24.6 Å². The number of aromatic nitrogens is 4. The molecule has 1 atom stereocenters. The molecule has 0 aliphatic carbocycles. The van der Waals surface area contributed by atoms with Gasteiger partial charge < -0.3 is 15.8 Å². The van der Waals surface area contributed by atoms with Crippen LogP contribution in [0.1, 0.15) is 37.8 Å². The zero-order valence-electron chi connectivity index (χ0n) is 19.3. The number of nitrogens with zero attached hydrogens (tertiary/aromatic N) is 5. The van der Waals surface area contributed by atoms with E-state index >= 15 is 0 Å². The third-order valence-corrected chi connectivity index (χ3v) is 6.52. The molecule has 2 aliphatic rings. The highest BCUT2D eigenvalue weighted by atomic mass is 16.5. The van der Waals surface area contributed by atoms with Crippen LogP contribution in [0.25, 0.3) is 10.9 Å². The normalized spacial score (nSPS) is 18.1. The Morgan fingerprint density at radius 3 is 2.48 bits per heavy atom. The molecule has 9 heteroatoms. The largest absolute Gasteiger partial charge is 0.380 e. The van der Waals surface area contributed by atoms with Crippen LogP contribution in [-0.4, -0.2) is 57.0 Å². The lowest BCUT2D eigenvalue weighted by atomic mass is 9.78. The van der Waals surface area contributed by atoms with Gasteiger partial charge in [0.1, 0.15) is 16.7 Å². The van der Waals surface area contributed by atoms with Gasteiger partial charge in [0, 0.05) is 31.1 Å². The molecule has 4 heterocycles. The molecule has 3 aromatic rings. The molecule has 2 aliphatic heterocycles. The SMILES string of the molecule is CCC[C@@H](C)Nc1nc(N)nc2cnn(Cc3ccc(CN4CC5(COC5)C4)cc3)c(=O)c12. The van der Waals surface area contributed by atoms with Crippen LogP contribution in [0.4, 0.5) is 11.8 Å². The van der Waals surface area contributed by atoms with Crippen molar-refractivity contribution in [3.05, 3.63) is 51.9 Å². The van der Waals surface area contributed by atoms with Crippen LogP contribution in [-0.2, 0) is 17.8 Å². The smallest absolute Gasteiger partial charge is 0.280 e. The van der Waals surface area contributed by atoms with E-state index in [0.29, 0.717) is 28.7 Å². The molecule has 0 saturated carbocycles. The van der Waals surface area contributed by atoms with Crippen molar-refractivity contribution < 1.29 is 4.74 Å². The van der Waals surface area contributed by atoms with E-state index in [0.717, 1.165) is 51.3 Å². The Balaban J connectivity index is 1.32. The van der Waals surface area contributed by atoms with E-state index in [1.807, 2.05) is 0 Å². The second-order valence-electron chi connectivity index (χ2n) is 9.59. The minimum absolute atomic E-state index is 0.126. The standard InChI is InChI=1S/C24H31N7O2/c1-3-4-16(2)27-21-20-19(28-23(25)29-21)9-26-31(22(20)32)11-18-7-5-17(6-8-18)10-30-12-24(13-30)14-33-15-24/h5-9,16H,3-4,10-15H2,1-2H3,(H3,25,27,28,29)/t16-/m1/s1. The van der Waals surface area contributed by atoms with Crippen LogP contribution in [0.3, 0.4) is 0 Å². The minimum atomic E-state index is -0.226. The average molecular weight is 450 g/mol. The van der Waals surface area contributed by atoms with Crippen molar-refractivity contribution in [2.24, 2.45) is 5.41 Å². The van der Waals surface area contributed by atoms with Gasteiger partial charge in [-0.25, -0.2) is 9.67 Å². The van der Waals surface area contributed by atoms with Gasteiger partial charge in [0.2, 0.25) is 5.95 Å². The molecule has 33 heavy (non-hydrogen) atoms. The number of fused-ring (bicyclic) bond motifs is 1. The summed E-state index contributed by atoms with van der Waals surface area (Å²) >= 11 is 0. The number of likely N-dealkylation sites (tertiary alicyclic amines) is 1. The zero-order valence-corrected chi connectivity index (χ0v) is 19.3. The molecule has 0 radical (unpaired) electrons. The van der Waals surface area contributed by atoms with Crippen molar-refractivity contribution in [2.45, 2.75) is 45.8 Å². The Morgan fingerprint density at radius 2 is 1.85 bits per heavy atom. The average Bonchev–Trinajstić information content (AvgIpc) is 2.72. The molecule has 9 nitrogen and oxygen atoms in total. The van der Waals surface area contributed by atoms with Gasteiger partial charge in [-0.15, -0.1) is 0 Å². The summed E-state index contributed by atoms with van der Waals surface area (Å²) in [5.41, 5.74) is 8.81. The quantitative estimate of drug-likeness (QED) is 0.539. The van der Waals surface area contributed by atoms with Gasteiger partial charge in [0.25, 0.3) is 5.56 Å². The van der Waals surface area contributed by atoms with Gasteiger partial charge in [0.05, 0.1) is 26.0 Å². The number of nitrogen functional groups attached to an aromatic ring is 1. The number of benzene rings is 1. The van der Waals surface area contributed by atoms with Crippen LogP contribution >= 0.6 is 0 Å². The highest BCUT2D eigenvalue weighted by molar-refractivity contribution is 5.88. The van der Waals surface area contributed by atoms with E-state index in [1.165, 1.54) is 10.2 Å². The Labute approximate surface area is 193 Å². The van der Waals surface area contributed by atoms with Crippen molar-refractivity contribution in [2.75, 3.05) is 37.4 Å². The molecule has 174 valence electrons.